The van der Waals surface area contributed by atoms with Crippen molar-refractivity contribution in [3.05, 3.63) is 53.7 Å². The van der Waals surface area contributed by atoms with Crippen molar-refractivity contribution in [3.8, 4) is 0 Å². The maximum absolute atomic E-state index is 13.1. The third-order valence-electron chi connectivity index (χ3n) is 5.51. The van der Waals surface area contributed by atoms with E-state index in [1.165, 1.54) is 26.1 Å². The van der Waals surface area contributed by atoms with Gasteiger partial charge in [0.15, 0.2) is 9.84 Å². The van der Waals surface area contributed by atoms with Crippen LogP contribution in [0.3, 0.4) is 0 Å². The molecule has 0 saturated heterocycles. The Bertz CT molecular complexity index is 995. The average Bonchev–Trinajstić information content (AvgIpc) is 3.25. The van der Waals surface area contributed by atoms with E-state index in [9.17, 15) is 18.0 Å². The van der Waals surface area contributed by atoms with Crippen molar-refractivity contribution in [2.45, 2.75) is 42.9 Å². The molecule has 1 aliphatic rings. The van der Waals surface area contributed by atoms with Crippen LogP contribution in [0.5, 0.6) is 0 Å². The van der Waals surface area contributed by atoms with Gasteiger partial charge in [-0.05, 0) is 42.2 Å². The summed E-state index contributed by atoms with van der Waals surface area (Å²) in [5.41, 5.74) is 1.08. The highest BCUT2D eigenvalue weighted by atomic mass is 32.2. The number of methoxy groups -OCH3 is 1. The number of hydrogen-bond donors (Lipinski definition) is 1. The first-order valence-electron chi connectivity index (χ1n) is 9.93. The molecule has 30 heavy (non-hydrogen) atoms. The molecule has 1 aromatic heterocycles. The minimum absolute atomic E-state index is 0.202. The normalized spacial score (nSPS) is 15.5. The van der Waals surface area contributed by atoms with Gasteiger partial charge in [0.25, 0.3) is 0 Å². The van der Waals surface area contributed by atoms with Crippen molar-refractivity contribution in [2.75, 3.05) is 18.7 Å². The molecule has 1 aromatic carbocycles. The fourth-order valence-electron chi connectivity index (χ4n) is 3.84. The molecule has 2 aromatic rings. The number of nitrogens with zero attached hydrogens (tertiary/aromatic N) is 1. The van der Waals surface area contributed by atoms with Crippen LogP contribution in [0.15, 0.2) is 47.5 Å². The van der Waals surface area contributed by atoms with Crippen LogP contribution in [0, 0.1) is 5.92 Å². The zero-order chi connectivity index (χ0) is 21.7. The molecule has 1 unspecified atom stereocenters. The zero-order valence-corrected chi connectivity index (χ0v) is 17.9. The maximum atomic E-state index is 13.1. The lowest BCUT2D eigenvalue weighted by molar-refractivity contribution is -0.118. The Balaban J connectivity index is 1.80. The predicted molar refractivity (Wildman–Crippen MR) is 113 cm³/mol. The second-order valence-electron chi connectivity index (χ2n) is 7.69. The Morgan fingerprint density at radius 3 is 2.33 bits per heavy atom. The summed E-state index contributed by atoms with van der Waals surface area (Å²) in [4.78, 5) is 29.0. The van der Waals surface area contributed by atoms with Crippen molar-refractivity contribution in [3.63, 3.8) is 0 Å². The summed E-state index contributed by atoms with van der Waals surface area (Å²) in [7, 11) is -2.01. The number of esters is 1. The third kappa shape index (κ3) is 5.44. The quantitative estimate of drug-likeness (QED) is 0.674. The molecule has 8 heteroatoms. The molecule has 1 N–H and O–H groups in total. The summed E-state index contributed by atoms with van der Waals surface area (Å²) in [5, 5.41) is 2.82. The average molecular weight is 431 g/mol. The number of amides is 1. The number of nitrogens with one attached hydrogen (secondary N) is 1. The molecular weight excluding hydrogens is 404 g/mol. The number of hydrogen-bond acceptors (Lipinski definition) is 6. The monoisotopic (exact) mass is 430 g/mol. The molecule has 7 nitrogen and oxygen atoms in total. The molecule has 0 bridgehead atoms. The molecule has 1 heterocycles. The van der Waals surface area contributed by atoms with E-state index in [1.54, 1.807) is 36.4 Å². The largest absolute Gasteiger partial charge is 0.465 e. The third-order valence-corrected chi connectivity index (χ3v) is 6.64. The molecule has 0 spiro atoms. The Hall–Kier alpha value is -2.74. The second kappa shape index (κ2) is 9.38. The molecule has 1 saturated carbocycles. The standard InChI is InChI=1S/C22H26N2O5S/c1-29-22(26)17-9-12-20(23-14-17)24-21(25)19(13-15-5-3-4-6-15)16-7-10-18(11-8-16)30(2,27)28/h7-12,14-15,19H,3-6,13H2,1-2H3,(H,23,24,25). The lowest BCUT2D eigenvalue weighted by atomic mass is 9.87. The molecule has 0 aliphatic heterocycles. The minimum atomic E-state index is -3.30. The van der Waals surface area contributed by atoms with Crippen LogP contribution in [-0.4, -0.2) is 38.6 Å². The lowest BCUT2D eigenvalue weighted by Gasteiger charge is -2.21. The molecule has 1 fully saturated rings. The van der Waals surface area contributed by atoms with E-state index in [4.69, 9.17) is 0 Å². The van der Waals surface area contributed by atoms with Gasteiger partial charge in [0.1, 0.15) is 5.82 Å². The molecular formula is C22H26N2O5S. The lowest BCUT2D eigenvalue weighted by Crippen LogP contribution is -2.23. The highest BCUT2D eigenvalue weighted by Gasteiger charge is 2.27. The van der Waals surface area contributed by atoms with Crippen LogP contribution in [0.25, 0.3) is 0 Å². The SMILES string of the molecule is COC(=O)c1ccc(NC(=O)C(CC2CCCC2)c2ccc(S(C)(=O)=O)cc2)nc1. The minimum Gasteiger partial charge on any atom is -0.465 e. The summed E-state index contributed by atoms with van der Waals surface area (Å²) in [6, 6.07) is 9.61. The van der Waals surface area contributed by atoms with Gasteiger partial charge >= 0.3 is 5.97 Å². The second-order valence-corrected chi connectivity index (χ2v) is 9.71. The summed E-state index contributed by atoms with van der Waals surface area (Å²) in [6.07, 6.45) is 7.74. The number of benzene rings is 1. The Labute approximate surface area is 176 Å². The first kappa shape index (κ1) is 22.0. The van der Waals surface area contributed by atoms with Crippen LogP contribution in [0.2, 0.25) is 0 Å². The number of rotatable bonds is 7. The zero-order valence-electron chi connectivity index (χ0n) is 17.1. The van der Waals surface area contributed by atoms with Gasteiger partial charge < -0.3 is 10.1 Å². The van der Waals surface area contributed by atoms with E-state index < -0.39 is 21.7 Å². The molecule has 0 radical (unpaired) electrons. The first-order valence-corrected chi connectivity index (χ1v) is 11.8. The fraction of sp³-hybridized carbons (Fsp3) is 0.409. The Kier molecular flexibility index (Phi) is 6.87. The number of anilines is 1. The summed E-state index contributed by atoms with van der Waals surface area (Å²) in [6.45, 7) is 0. The van der Waals surface area contributed by atoms with Crippen LogP contribution in [-0.2, 0) is 19.4 Å². The van der Waals surface area contributed by atoms with Crippen molar-refractivity contribution >= 4 is 27.5 Å². The number of sulfone groups is 1. The predicted octanol–water partition coefficient (Wildman–Crippen LogP) is 3.57. The first-order chi connectivity index (χ1) is 14.3. The molecule has 160 valence electrons. The number of carbonyl (C=O) groups is 2. The summed E-state index contributed by atoms with van der Waals surface area (Å²) >= 11 is 0. The van der Waals surface area contributed by atoms with Crippen molar-refractivity contribution in [1.29, 1.82) is 0 Å². The van der Waals surface area contributed by atoms with Gasteiger partial charge in [-0.1, -0.05) is 37.8 Å². The van der Waals surface area contributed by atoms with Crippen molar-refractivity contribution in [2.24, 2.45) is 5.92 Å². The van der Waals surface area contributed by atoms with E-state index in [0.717, 1.165) is 24.7 Å². The smallest absolute Gasteiger partial charge is 0.339 e. The van der Waals surface area contributed by atoms with E-state index in [1.807, 2.05) is 0 Å². The summed E-state index contributed by atoms with van der Waals surface area (Å²) in [5.74, 6) is -0.302. The van der Waals surface area contributed by atoms with Crippen molar-refractivity contribution < 1.29 is 22.7 Å². The number of aromatic nitrogens is 1. The maximum Gasteiger partial charge on any atom is 0.339 e. The Morgan fingerprint density at radius 2 is 1.80 bits per heavy atom. The van der Waals surface area contributed by atoms with Crippen LogP contribution in [0.4, 0.5) is 5.82 Å². The van der Waals surface area contributed by atoms with Crippen LogP contribution in [0.1, 0.15) is 53.9 Å². The van der Waals surface area contributed by atoms with Gasteiger partial charge in [-0.25, -0.2) is 18.2 Å². The van der Waals surface area contributed by atoms with E-state index >= 15 is 0 Å². The Morgan fingerprint density at radius 1 is 1.13 bits per heavy atom. The number of carbonyl (C=O) groups excluding carboxylic acids is 2. The van der Waals surface area contributed by atoms with E-state index in [0.29, 0.717) is 23.7 Å². The van der Waals surface area contributed by atoms with Gasteiger partial charge in [-0.15, -0.1) is 0 Å². The van der Waals surface area contributed by atoms with Gasteiger partial charge in [-0.2, -0.15) is 0 Å². The summed E-state index contributed by atoms with van der Waals surface area (Å²) < 4.78 is 28.1. The van der Waals surface area contributed by atoms with Crippen LogP contribution >= 0.6 is 0 Å². The van der Waals surface area contributed by atoms with Gasteiger partial charge in [-0.3, -0.25) is 4.79 Å². The van der Waals surface area contributed by atoms with Crippen molar-refractivity contribution in [1.82, 2.24) is 4.98 Å². The number of pyridine rings is 1. The highest BCUT2D eigenvalue weighted by Crippen LogP contribution is 2.35. The number of ether oxygens (including phenoxy) is 1. The molecule has 1 aliphatic carbocycles. The van der Waals surface area contributed by atoms with Gasteiger partial charge in [0, 0.05) is 12.5 Å². The molecule has 3 rings (SSSR count). The molecule has 1 atom stereocenters. The fourth-order valence-corrected chi connectivity index (χ4v) is 4.47. The van der Waals surface area contributed by atoms with Gasteiger partial charge in [0.05, 0.1) is 23.5 Å². The van der Waals surface area contributed by atoms with Crippen LogP contribution < -0.4 is 5.32 Å². The van der Waals surface area contributed by atoms with Gasteiger partial charge in [0.2, 0.25) is 5.91 Å². The van der Waals surface area contributed by atoms with E-state index in [2.05, 4.69) is 15.0 Å². The topological polar surface area (TPSA) is 102 Å². The molecule has 1 amide bonds. The highest BCUT2D eigenvalue weighted by molar-refractivity contribution is 7.90. The van der Waals surface area contributed by atoms with E-state index in [-0.39, 0.29) is 10.8 Å².